The number of anilines is 1. The van der Waals surface area contributed by atoms with Crippen molar-refractivity contribution in [2.75, 3.05) is 17.9 Å². The molecule has 1 aromatic heterocycles. The Balaban J connectivity index is 1.49. The summed E-state index contributed by atoms with van der Waals surface area (Å²) >= 11 is 1.40. The van der Waals surface area contributed by atoms with Crippen molar-refractivity contribution in [3.05, 3.63) is 94.9 Å². The highest BCUT2D eigenvalue weighted by atomic mass is 32.2. The number of carbonyl (C=O) groups is 1. The van der Waals surface area contributed by atoms with Gasteiger partial charge in [-0.1, -0.05) is 48.0 Å². The lowest BCUT2D eigenvalue weighted by Crippen LogP contribution is -2.26. The summed E-state index contributed by atoms with van der Waals surface area (Å²) in [5.41, 5.74) is 2.72. The summed E-state index contributed by atoms with van der Waals surface area (Å²) in [6.45, 7) is 2.47. The molecule has 0 unspecified atom stereocenters. The van der Waals surface area contributed by atoms with Gasteiger partial charge in [-0.15, -0.1) is 11.3 Å². The monoisotopic (exact) mass is 464 g/mol. The van der Waals surface area contributed by atoms with Gasteiger partial charge in [0.05, 0.1) is 15.5 Å². The van der Waals surface area contributed by atoms with E-state index in [4.69, 9.17) is 0 Å². The van der Waals surface area contributed by atoms with Crippen molar-refractivity contribution in [3.8, 4) is 0 Å². The van der Waals surface area contributed by atoms with Gasteiger partial charge in [0.2, 0.25) is 0 Å². The zero-order valence-electron chi connectivity index (χ0n) is 17.9. The van der Waals surface area contributed by atoms with E-state index in [-0.39, 0.29) is 10.8 Å². The molecule has 0 bridgehead atoms. The summed E-state index contributed by atoms with van der Waals surface area (Å²) in [7, 11) is -2.13. The molecule has 0 aliphatic heterocycles. The van der Waals surface area contributed by atoms with E-state index < -0.39 is 10.0 Å². The van der Waals surface area contributed by atoms with Crippen LogP contribution in [0.15, 0.2) is 83.8 Å². The summed E-state index contributed by atoms with van der Waals surface area (Å²) in [6, 6.07) is 24.0. The second kappa shape index (κ2) is 9.14. The Morgan fingerprint density at radius 3 is 2.41 bits per heavy atom. The fourth-order valence-electron chi connectivity index (χ4n) is 3.40. The minimum atomic E-state index is -3.67. The molecule has 32 heavy (non-hydrogen) atoms. The van der Waals surface area contributed by atoms with Crippen LogP contribution in [0.5, 0.6) is 0 Å². The van der Waals surface area contributed by atoms with Gasteiger partial charge in [0.25, 0.3) is 15.9 Å². The molecule has 0 spiro atoms. The Morgan fingerprint density at radius 1 is 0.969 bits per heavy atom. The van der Waals surface area contributed by atoms with Crippen molar-refractivity contribution in [2.45, 2.75) is 18.2 Å². The fraction of sp³-hybridized carbons (Fsp3) is 0.160. The molecule has 4 rings (SSSR count). The molecular formula is C25H24N2O3S2. The van der Waals surface area contributed by atoms with Gasteiger partial charge in [-0.25, -0.2) is 8.42 Å². The van der Waals surface area contributed by atoms with Crippen molar-refractivity contribution in [1.29, 1.82) is 0 Å². The summed E-state index contributed by atoms with van der Waals surface area (Å²) in [6.07, 6.45) is 0.767. The second-order valence-electron chi connectivity index (χ2n) is 7.61. The first-order valence-corrected chi connectivity index (χ1v) is 12.5. The lowest BCUT2D eigenvalue weighted by atomic mass is 10.1. The van der Waals surface area contributed by atoms with Gasteiger partial charge in [0, 0.05) is 18.3 Å². The quantitative estimate of drug-likeness (QED) is 0.418. The van der Waals surface area contributed by atoms with E-state index in [1.54, 1.807) is 43.4 Å². The summed E-state index contributed by atoms with van der Waals surface area (Å²) in [4.78, 5) is 13.4. The molecule has 0 atom stereocenters. The number of sulfonamides is 1. The molecule has 1 N–H and O–H groups in total. The molecule has 0 aliphatic carbocycles. The first-order valence-electron chi connectivity index (χ1n) is 10.3. The van der Waals surface area contributed by atoms with Gasteiger partial charge < -0.3 is 5.32 Å². The summed E-state index contributed by atoms with van der Waals surface area (Å²) < 4.78 is 28.2. The van der Waals surface area contributed by atoms with Crippen molar-refractivity contribution in [1.82, 2.24) is 5.32 Å². The highest BCUT2D eigenvalue weighted by Crippen LogP contribution is 2.31. The molecule has 0 radical (unpaired) electrons. The van der Waals surface area contributed by atoms with Crippen LogP contribution in [0.4, 0.5) is 5.69 Å². The lowest BCUT2D eigenvalue weighted by molar-refractivity contribution is 0.0958. The van der Waals surface area contributed by atoms with E-state index in [0.717, 1.165) is 22.1 Å². The van der Waals surface area contributed by atoms with E-state index >= 15 is 0 Å². The van der Waals surface area contributed by atoms with Crippen LogP contribution in [0.3, 0.4) is 0 Å². The molecule has 4 aromatic rings. The number of fused-ring (bicyclic) bond motifs is 1. The molecule has 3 aromatic carbocycles. The molecule has 1 amide bonds. The van der Waals surface area contributed by atoms with Crippen LogP contribution >= 0.6 is 11.3 Å². The molecule has 0 saturated carbocycles. The number of nitrogens with one attached hydrogen (secondary N) is 1. The number of amides is 1. The maximum absolute atomic E-state index is 13.0. The zero-order chi connectivity index (χ0) is 22.7. The number of hydrogen-bond acceptors (Lipinski definition) is 4. The van der Waals surface area contributed by atoms with Gasteiger partial charge in [-0.2, -0.15) is 0 Å². The van der Waals surface area contributed by atoms with Crippen LogP contribution in [0.1, 0.15) is 20.8 Å². The highest BCUT2D eigenvalue weighted by molar-refractivity contribution is 7.92. The molecular weight excluding hydrogens is 440 g/mol. The topological polar surface area (TPSA) is 66.5 Å². The van der Waals surface area contributed by atoms with Crippen LogP contribution in [-0.4, -0.2) is 27.9 Å². The molecule has 5 nitrogen and oxygen atoms in total. The molecule has 164 valence electrons. The van der Waals surface area contributed by atoms with Gasteiger partial charge >= 0.3 is 0 Å². The maximum atomic E-state index is 13.0. The smallest absolute Gasteiger partial charge is 0.264 e. The van der Waals surface area contributed by atoms with Crippen molar-refractivity contribution in [3.63, 3.8) is 0 Å². The molecule has 7 heteroatoms. The van der Waals surface area contributed by atoms with Crippen LogP contribution in [0.25, 0.3) is 10.1 Å². The minimum Gasteiger partial charge on any atom is -0.351 e. The number of rotatable bonds is 7. The Hall–Kier alpha value is -3.16. The van der Waals surface area contributed by atoms with Crippen molar-refractivity contribution >= 4 is 43.0 Å². The molecule has 0 aliphatic rings. The van der Waals surface area contributed by atoms with Gasteiger partial charge in [-0.05, 0) is 60.7 Å². The molecule has 0 fully saturated rings. The van der Waals surface area contributed by atoms with Crippen molar-refractivity contribution < 1.29 is 13.2 Å². The Kier molecular flexibility index (Phi) is 6.30. The number of nitrogens with zero attached hydrogens (tertiary/aromatic N) is 1. The largest absolute Gasteiger partial charge is 0.351 e. The van der Waals surface area contributed by atoms with Gasteiger partial charge in [0.15, 0.2) is 0 Å². The average Bonchev–Trinajstić information content (AvgIpc) is 3.23. The number of benzene rings is 3. The summed E-state index contributed by atoms with van der Waals surface area (Å²) in [5, 5.41) is 3.80. The number of aryl methyl sites for hydroxylation is 1. The van der Waals surface area contributed by atoms with E-state index in [2.05, 4.69) is 5.32 Å². The predicted molar refractivity (Wildman–Crippen MR) is 131 cm³/mol. The Labute approximate surface area is 192 Å². The third kappa shape index (κ3) is 4.69. The van der Waals surface area contributed by atoms with Crippen LogP contribution in [0, 0.1) is 6.92 Å². The standard InChI is InChI=1S/C25H24N2O3S2/c1-18-8-11-22(12-9-18)32(29,30)27(2)21-10-13-23-20(16-21)17-24(31-23)25(28)26-15-14-19-6-4-3-5-7-19/h3-13,16-17H,14-15H2,1-2H3,(H,26,28). The Bertz CT molecular complexity index is 1350. The minimum absolute atomic E-state index is 0.121. The fourth-order valence-corrected chi connectivity index (χ4v) is 5.54. The molecule has 1 heterocycles. The first-order chi connectivity index (χ1) is 15.3. The van der Waals surface area contributed by atoms with E-state index in [0.29, 0.717) is 17.1 Å². The maximum Gasteiger partial charge on any atom is 0.264 e. The SMILES string of the molecule is Cc1ccc(S(=O)(=O)N(C)c2ccc3sc(C(=O)NCCc4ccccc4)cc3c2)cc1. The van der Waals surface area contributed by atoms with Crippen LogP contribution in [0.2, 0.25) is 0 Å². The Morgan fingerprint density at radius 2 is 1.69 bits per heavy atom. The average molecular weight is 465 g/mol. The summed E-state index contributed by atoms with van der Waals surface area (Å²) in [5.74, 6) is -0.121. The van der Waals surface area contributed by atoms with E-state index in [9.17, 15) is 13.2 Å². The normalized spacial score (nSPS) is 11.4. The number of hydrogen-bond donors (Lipinski definition) is 1. The van der Waals surface area contributed by atoms with E-state index in [1.165, 1.54) is 21.2 Å². The second-order valence-corrected chi connectivity index (χ2v) is 10.7. The van der Waals surface area contributed by atoms with E-state index in [1.807, 2.05) is 49.4 Å². The lowest BCUT2D eigenvalue weighted by Gasteiger charge is -2.19. The highest BCUT2D eigenvalue weighted by Gasteiger charge is 2.22. The molecule has 0 saturated heterocycles. The van der Waals surface area contributed by atoms with Crippen LogP contribution < -0.4 is 9.62 Å². The first kappa shape index (κ1) is 22.0. The van der Waals surface area contributed by atoms with Crippen LogP contribution in [-0.2, 0) is 16.4 Å². The van der Waals surface area contributed by atoms with Crippen molar-refractivity contribution in [2.24, 2.45) is 0 Å². The predicted octanol–water partition coefficient (Wildman–Crippen LogP) is 5.01. The van der Waals surface area contributed by atoms with Gasteiger partial charge in [-0.3, -0.25) is 9.10 Å². The third-order valence-electron chi connectivity index (χ3n) is 5.31. The number of thiophene rings is 1. The third-order valence-corrected chi connectivity index (χ3v) is 8.22. The zero-order valence-corrected chi connectivity index (χ0v) is 19.5. The van der Waals surface area contributed by atoms with Gasteiger partial charge in [0.1, 0.15) is 0 Å². The number of carbonyl (C=O) groups excluding carboxylic acids is 1.